The molecule has 2 aromatic carbocycles. The number of carbonyl (C=O) groups excluding carboxylic acids is 1. The summed E-state index contributed by atoms with van der Waals surface area (Å²) in [6, 6.07) is 10.6. The van der Waals surface area contributed by atoms with E-state index >= 15 is 0 Å². The zero-order valence-electron chi connectivity index (χ0n) is 14.2. The number of sulfonamides is 1. The van der Waals surface area contributed by atoms with Crippen LogP contribution in [0.1, 0.15) is 15.9 Å². The van der Waals surface area contributed by atoms with Crippen LogP contribution in [0, 0.1) is 0 Å². The minimum Gasteiger partial charge on any atom is -0.457 e. The molecular formula is C18H17Cl2NO5S. The van der Waals surface area contributed by atoms with E-state index in [1.807, 2.05) is 0 Å². The lowest BCUT2D eigenvalue weighted by atomic mass is 10.2. The van der Waals surface area contributed by atoms with E-state index in [1.165, 1.54) is 28.6 Å². The van der Waals surface area contributed by atoms with Crippen LogP contribution in [0.5, 0.6) is 0 Å². The van der Waals surface area contributed by atoms with E-state index in [0.29, 0.717) is 41.9 Å². The number of esters is 1. The number of nitrogens with zero attached hydrogens (tertiary/aromatic N) is 1. The summed E-state index contributed by atoms with van der Waals surface area (Å²) in [6.45, 7) is 1.28. The lowest BCUT2D eigenvalue weighted by molar-refractivity contribution is 0.0473. The Bertz CT molecular complexity index is 905. The number of carbonyl (C=O) groups is 1. The molecule has 0 radical (unpaired) electrons. The van der Waals surface area contributed by atoms with Crippen molar-refractivity contribution in [2.75, 3.05) is 26.3 Å². The van der Waals surface area contributed by atoms with E-state index in [0.717, 1.165) is 0 Å². The van der Waals surface area contributed by atoms with E-state index in [4.69, 9.17) is 32.7 Å². The van der Waals surface area contributed by atoms with Gasteiger partial charge in [-0.15, -0.1) is 0 Å². The Balaban J connectivity index is 1.68. The number of hydrogen-bond acceptors (Lipinski definition) is 5. The molecule has 0 saturated carbocycles. The molecule has 1 saturated heterocycles. The summed E-state index contributed by atoms with van der Waals surface area (Å²) in [5.41, 5.74) is 0.750. The van der Waals surface area contributed by atoms with Crippen LogP contribution in [0.3, 0.4) is 0 Å². The van der Waals surface area contributed by atoms with Gasteiger partial charge in [0.1, 0.15) is 6.61 Å². The van der Waals surface area contributed by atoms with Crippen LogP contribution in [-0.2, 0) is 26.1 Å². The Morgan fingerprint density at radius 1 is 1.04 bits per heavy atom. The Labute approximate surface area is 167 Å². The maximum atomic E-state index is 12.6. The third kappa shape index (κ3) is 4.62. The fourth-order valence-corrected chi connectivity index (χ4v) is 4.50. The van der Waals surface area contributed by atoms with Crippen LogP contribution in [0.4, 0.5) is 0 Å². The molecule has 6 nitrogen and oxygen atoms in total. The topological polar surface area (TPSA) is 72.9 Å². The summed E-state index contributed by atoms with van der Waals surface area (Å²) in [4.78, 5) is 12.3. The zero-order chi connectivity index (χ0) is 19.4. The van der Waals surface area contributed by atoms with Gasteiger partial charge in [0.05, 0.1) is 23.7 Å². The quantitative estimate of drug-likeness (QED) is 0.681. The Hall–Kier alpha value is -1.64. The van der Waals surface area contributed by atoms with Gasteiger partial charge in [-0.05, 0) is 36.4 Å². The molecule has 1 aliphatic heterocycles. The minimum absolute atomic E-state index is 0.0782. The number of halogens is 2. The first kappa shape index (κ1) is 20.1. The van der Waals surface area contributed by atoms with E-state index in [2.05, 4.69) is 0 Å². The van der Waals surface area contributed by atoms with E-state index in [9.17, 15) is 13.2 Å². The fraction of sp³-hybridized carbons (Fsp3) is 0.278. The molecule has 3 rings (SSSR count). The van der Waals surface area contributed by atoms with Gasteiger partial charge in [-0.2, -0.15) is 4.31 Å². The largest absolute Gasteiger partial charge is 0.457 e. The summed E-state index contributed by atoms with van der Waals surface area (Å²) in [7, 11) is -3.60. The SMILES string of the molecule is O=C(OCc1c(Cl)cccc1Cl)c1ccc(S(=O)(=O)N2CCOCC2)cc1. The Morgan fingerprint density at radius 2 is 1.63 bits per heavy atom. The first-order valence-electron chi connectivity index (χ1n) is 8.17. The molecule has 27 heavy (non-hydrogen) atoms. The third-order valence-corrected chi connectivity index (χ3v) is 6.73. The molecule has 9 heteroatoms. The van der Waals surface area contributed by atoms with Crippen molar-refractivity contribution in [2.24, 2.45) is 0 Å². The second kappa shape index (κ2) is 8.58. The molecule has 0 bridgehead atoms. The second-order valence-corrected chi connectivity index (χ2v) is 8.57. The third-order valence-electron chi connectivity index (χ3n) is 4.11. The highest BCUT2D eigenvalue weighted by Gasteiger charge is 2.26. The molecule has 0 aromatic heterocycles. The highest BCUT2D eigenvalue weighted by Crippen LogP contribution is 2.25. The van der Waals surface area contributed by atoms with Gasteiger partial charge < -0.3 is 9.47 Å². The standard InChI is InChI=1S/C18H17Cl2NO5S/c19-16-2-1-3-17(20)15(16)12-26-18(22)13-4-6-14(7-5-13)27(23,24)21-8-10-25-11-9-21/h1-7H,8-12H2. The van der Waals surface area contributed by atoms with Crippen molar-refractivity contribution in [1.82, 2.24) is 4.31 Å². The summed E-state index contributed by atoms with van der Waals surface area (Å²) in [5.74, 6) is -0.596. The maximum absolute atomic E-state index is 12.6. The van der Waals surface area contributed by atoms with Crippen molar-refractivity contribution in [3.8, 4) is 0 Å². The van der Waals surface area contributed by atoms with Crippen LogP contribution in [0.25, 0.3) is 0 Å². The average molecular weight is 430 g/mol. The van der Waals surface area contributed by atoms with E-state index in [1.54, 1.807) is 18.2 Å². The molecule has 0 amide bonds. The predicted octanol–water partition coefficient (Wildman–Crippen LogP) is 3.37. The van der Waals surface area contributed by atoms with Gasteiger partial charge in [-0.1, -0.05) is 29.3 Å². The van der Waals surface area contributed by atoms with Crippen molar-refractivity contribution in [2.45, 2.75) is 11.5 Å². The van der Waals surface area contributed by atoms with Crippen LogP contribution < -0.4 is 0 Å². The molecule has 0 atom stereocenters. The number of ether oxygens (including phenoxy) is 2. The molecule has 2 aromatic rings. The Morgan fingerprint density at radius 3 is 2.22 bits per heavy atom. The van der Waals surface area contributed by atoms with Gasteiger partial charge >= 0.3 is 5.97 Å². The minimum atomic E-state index is -3.60. The summed E-state index contributed by atoms with van der Waals surface area (Å²) >= 11 is 12.1. The molecule has 0 aliphatic carbocycles. The average Bonchev–Trinajstić information content (AvgIpc) is 2.68. The lowest BCUT2D eigenvalue weighted by Crippen LogP contribution is -2.40. The molecule has 0 spiro atoms. The van der Waals surface area contributed by atoms with Gasteiger partial charge in [0.15, 0.2) is 0 Å². The maximum Gasteiger partial charge on any atom is 0.338 e. The van der Waals surface area contributed by atoms with Gasteiger partial charge in [0.2, 0.25) is 10.0 Å². The number of rotatable bonds is 5. The normalized spacial score (nSPS) is 15.5. The highest BCUT2D eigenvalue weighted by molar-refractivity contribution is 7.89. The molecule has 1 heterocycles. The van der Waals surface area contributed by atoms with Crippen molar-refractivity contribution in [1.29, 1.82) is 0 Å². The second-order valence-electron chi connectivity index (χ2n) is 5.82. The van der Waals surface area contributed by atoms with Crippen LogP contribution in [-0.4, -0.2) is 45.0 Å². The van der Waals surface area contributed by atoms with Gasteiger partial charge in [-0.3, -0.25) is 0 Å². The van der Waals surface area contributed by atoms with Crippen LogP contribution in [0.2, 0.25) is 10.0 Å². The van der Waals surface area contributed by atoms with Crippen molar-refractivity contribution >= 4 is 39.2 Å². The number of morpholine rings is 1. The monoisotopic (exact) mass is 429 g/mol. The predicted molar refractivity (Wildman–Crippen MR) is 102 cm³/mol. The summed E-state index contributed by atoms with van der Waals surface area (Å²) in [5, 5.41) is 0.810. The lowest BCUT2D eigenvalue weighted by Gasteiger charge is -2.26. The first-order valence-corrected chi connectivity index (χ1v) is 10.4. The van der Waals surface area contributed by atoms with E-state index < -0.39 is 16.0 Å². The van der Waals surface area contributed by atoms with Crippen molar-refractivity contribution < 1.29 is 22.7 Å². The number of hydrogen-bond donors (Lipinski definition) is 0. The molecule has 0 unspecified atom stereocenters. The smallest absolute Gasteiger partial charge is 0.338 e. The van der Waals surface area contributed by atoms with Crippen LogP contribution >= 0.6 is 23.2 Å². The highest BCUT2D eigenvalue weighted by atomic mass is 35.5. The van der Waals surface area contributed by atoms with E-state index in [-0.39, 0.29) is 17.1 Å². The van der Waals surface area contributed by atoms with Crippen molar-refractivity contribution in [3.05, 3.63) is 63.6 Å². The molecule has 1 fully saturated rings. The summed E-state index contributed by atoms with van der Waals surface area (Å²) in [6.07, 6.45) is 0. The van der Waals surface area contributed by atoms with Gasteiger partial charge in [0, 0.05) is 28.7 Å². The molecular weight excluding hydrogens is 413 g/mol. The van der Waals surface area contributed by atoms with Crippen molar-refractivity contribution in [3.63, 3.8) is 0 Å². The Kier molecular flexibility index (Phi) is 6.39. The van der Waals surface area contributed by atoms with Gasteiger partial charge in [0.25, 0.3) is 0 Å². The van der Waals surface area contributed by atoms with Gasteiger partial charge in [-0.25, -0.2) is 13.2 Å². The molecule has 144 valence electrons. The first-order chi connectivity index (χ1) is 12.9. The van der Waals surface area contributed by atoms with Crippen LogP contribution in [0.15, 0.2) is 47.4 Å². The zero-order valence-corrected chi connectivity index (χ0v) is 16.6. The molecule has 1 aliphatic rings. The molecule has 0 N–H and O–H groups in total. The summed E-state index contributed by atoms with van der Waals surface area (Å²) < 4.78 is 36.9. The number of benzene rings is 2. The fourth-order valence-electron chi connectivity index (χ4n) is 2.59.